The number of aryl methyl sites for hydroxylation is 1. The van der Waals surface area contributed by atoms with Crippen molar-refractivity contribution >= 4 is 39.8 Å². The molecule has 1 amide bonds. The number of aromatic nitrogens is 3. The molecule has 0 atom stereocenters. The molecular weight excluding hydrogens is 482 g/mol. The molecule has 0 unspecified atom stereocenters. The van der Waals surface area contributed by atoms with E-state index >= 15 is 0 Å². The Morgan fingerprint density at radius 1 is 1.03 bits per heavy atom. The Kier molecular flexibility index (Phi) is 8.02. The van der Waals surface area contributed by atoms with Crippen molar-refractivity contribution in [3.05, 3.63) is 48.8 Å². The quantitative estimate of drug-likeness (QED) is 0.321. The van der Waals surface area contributed by atoms with Crippen molar-refractivity contribution in [2.75, 3.05) is 64.0 Å². The lowest BCUT2D eigenvalue weighted by Gasteiger charge is -2.25. The lowest BCUT2D eigenvalue weighted by molar-refractivity contribution is -0.114. The van der Waals surface area contributed by atoms with Crippen LogP contribution >= 0.6 is 0 Å². The summed E-state index contributed by atoms with van der Waals surface area (Å²) in [5.74, 6) is 1.66. The minimum absolute atomic E-state index is 0.158. The van der Waals surface area contributed by atoms with Gasteiger partial charge in [0, 0.05) is 69.6 Å². The molecule has 4 rings (SSSR count). The number of hydrogen-bond acceptors (Lipinski definition) is 8. The van der Waals surface area contributed by atoms with Gasteiger partial charge < -0.3 is 34.5 Å². The predicted molar refractivity (Wildman–Crippen MR) is 153 cm³/mol. The van der Waals surface area contributed by atoms with E-state index in [1.165, 1.54) is 6.92 Å². The molecule has 0 aliphatic carbocycles. The number of rotatable bonds is 10. The molecule has 0 saturated carbocycles. The molecule has 4 aromatic rings. The smallest absolute Gasteiger partial charge is 0.227 e. The van der Waals surface area contributed by atoms with Gasteiger partial charge in [0.2, 0.25) is 11.9 Å². The molecule has 200 valence electrons. The Morgan fingerprint density at radius 3 is 2.50 bits per heavy atom. The van der Waals surface area contributed by atoms with Crippen molar-refractivity contribution in [1.29, 1.82) is 0 Å². The van der Waals surface area contributed by atoms with Crippen LogP contribution in [0.15, 0.2) is 48.8 Å². The summed E-state index contributed by atoms with van der Waals surface area (Å²) >= 11 is 0. The van der Waals surface area contributed by atoms with Crippen LogP contribution in [0.4, 0.5) is 23.0 Å². The molecule has 2 aromatic heterocycles. The maximum atomic E-state index is 12.0. The van der Waals surface area contributed by atoms with Gasteiger partial charge in [-0.3, -0.25) is 4.79 Å². The van der Waals surface area contributed by atoms with Gasteiger partial charge in [-0.25, -0.2) is 9.97 Å². The van der Waals surface area contributed by atoms with Crippen molar-refractivity contribution < 1.29 is 14.3 Å². The van der Waals surface area contributed by atoms with Crippen LogP contribution < -0.4 is 25.0 Å². The zero-order valence-corrected chi connectivity index (χ0v) is 23.0. The molecule has 0 aliphatic rings. The first-order valence-electron chi connectivity index (χ1n) is 12.3. The monoisotopic (exact) mass is 517 g/mol. The van der Waals surface area contributed by atoms with E-state index in [0.717, 1.165) is 46.7 Å². The first-order chi connectivity index (χ1) is 18.2. The Labute approximate surface area is 223 Å². The highest BCUT2D eigenvalue weighted by Crippen LogP contribution is 2.38. The minimum atomic E-state index is -0.158. The fourth-order valence-electron chi connectivity index (χ4n) is 4.30. The van der Waals surface area contributed by atoms with Gasteiger partial charge in [-0.05, 0) is 38.4 Å². The summed E-state index contributed by atoms with van der Waals surface area (Å²) in [5, 5.41) is 7.29. The SMILES string of the molecule is COc1ccc2c(-c3ccnc(Nc4cc(NC(C)=O)c(N(C)CCN(C)C)cc4OC)n3)cn(C)c2c1. The lowest BCUT2D eigenvalue weighted by atomic mass is 10.1. The van der Waals surface area contributed by atoms with Crippen LogP contribution in [0, 0.1) is 0 Å². The number of nitrogens with zero attached hydrogens (tertiary/aromatic N) is 5. The van der Waals surface area contributed by atoms with E-state index in [0.29, 0.717) is 23.1 Å². The fraction of sp³-hybridized carbons (Fsp3) is 0.321. The highest BCUT2D eigenvalue weighted by atomic mass is 16.5. The van der Waals surface area contributed by atoms with Gasteiger partial charge in [0.05, 0.1) is 42.5 Å². The lowest BCUT2D eigenvalue weighted by Crippen LogP contribution is -2.29. The first-order valence-corrected chi connectivity index (χ1v) is 12.3. The molecule has 0 fully saturated rings. The molecule has 10 nitrogen and oxygen atoms in total. The number of amides is 1. The molecule has 0 aliphatic heterocycles. The van der Waals surface area contributed by atoms with Crippen molar-refractivity contribution in [1.82, 2.24) is 19.4 Å². The van der Waals surface area contributed by atoms with Crippen molar-refractivity contribution in [3.8, 4) is 22.8 Å². The van der Waals surface area contributed by atoms with E-state index in [-0.39, 0.29) is 5.91 Å². The van der Waals surface area contributed by atoms with Crippen molar-refractivity contribution in [3.63, 3.8) is 0 Å². The fourth-order valence-corrected chi connectivity index (χ4v) is 4.30. The maximum Gasteiger partial charge on any atom is 0.227 e. The van der Waals surface area contributed by atoms with Crippen LogP contribution in [0.2, 0.25) is 0 Å². The molecule has 10 heteroatoms. The number of carbonyl (C=O) groups excluding carboxylic acids is 1. The molecule has 2 heterocycles. The van der Waals surface area contributed by atoms with Crippen LogP contribution in [-0.2, 0) is 11.8 Å². The molecule has 0 radical (unpaired) electrons. The molecule has 38 heavy (non-hydrogen) atoms. The van der Waals surface area contributed by atoms with Crippen molar-refractivity contribution in [2.45, 2.75) is 6.92 Å². The average molecular weight is 518 g/mol. The second-order valence-corrected chi connectivity index (χ2v) is 9.40. The normalized spacial score (nSPS) is 11.1. The number of nitrogens with one attached hydrogen (secondary N) is 2. The molecule has 2 aromatic carbocycles. The molecule has 0 spiro atoms. The first kappa shape index (κ1) is 26.7. The Hall–Kier alpha value is -4.31. The van der Waals surface area contributed by atoms with Gasteiger partial charge in [-0.1, -0.05) is 0 Å². The number of carbonyl (C=O) groups is 1. The number of hydrogen-bond donors (Lipinski definition) is 2. The second-order valence-electron chi connectivity index (χ2n) is 9.40. The standard InChI is InChI=1S/C28H35N7O3/c1-18(36)30-23-15-24(27(38-7)16-26(23)34(4)13-12-33(2)3)32-28-29-11-10-22(31-28)21-17-35(5)25-14-19(37-6)8-9-20(21)25/h8-11,14-17H,12-13H2,1-7H3,(H,30,36)(H,29,31,32). The highest BCUT2D eigenvalue weighted by Gasteiger charge is 2.17. The Balaban J connectivity index is 1.70. The van der Waals surface area contributed by atoms with E-state index in [1.807, 2.05) is 70.8 Å². The van der Waals surface area contributed by atoms with Gasteiger partial charge in [-0.2, -0.15) is 0 Å². The highest BCUT2D eigenvalue weighted by molar-refractivity contribution is 5.96. The van der Waals surface area contributed by atoms with E-state index in [1.54, 1.807) is 20.4 Å². The molecular formula is C28H35N7O3. The Morgan fingerprint density at radius 2 is 1.82 bits per heavy atom. The average Bonchev–Trinajstić information content (AvgIpc) is 3.22. The van der Waals surface area contributed by atoms with Gasteiger partial charge in [-0.15, -0.1) is 0 Å². The van der Waals surface area contributed by atoms with Gasteiger partial charge in [0.15, 0.2) is 0 Å². The van der Waals surface area contributed by atoms with Crippen LogP contribution in [0.1, 0.15) is 6.92 Å². The van der Waals surface area contributed by atoms with E-state index in [9.17, 15) is 4.79 Å². The molecule has 0 saturated heterocycles. The van der Waals surface area contributed by atoms with Crippen LogP contribution in [0.5, 0.6) is 11.5 Å². The maximum absolute atomic E-state index is 12.0. The largest absolute Gasteiger partial charge is 0.497 e. The third-order valence-corrected chi connectivity index (χ3v) is 6.30. The molecule has 0 bridgehead atoms. The topological polar surface area (TPSA) is 96.8 Å². The van der Waals surface area contributed by atoms with Gasteiger partial charge >= 0.3 is 0 Å². The minimum Gasteiger partial charge on any atom is -0.497 e. The summed E-state index contributed by atoms with van der Waals surface area (Å²) < 4.78 is 13.1. The number of methoxy groups -OCH3 is 2. The van der Waals surface area contributed by atoms with Crippen LogP contribution in [0.3, 0.4) is 0 Å². The van der Waals surface area contributed by atoms with E-state index in [2.05, 4.69) is 30.0 Å². The van der Waals surface area contributed by atoms with Crippen LogP contribution in [0.25, 0.3) is 22.2 Å². The number of fused-ring (bicyclic) bond motifs is 1. The van der Waals surface area contributed by atoms with Crippen LogP contribution in [-0.4, -0.2) is 73.8 Å². The summed E-state index contributed by atoms with van der Waals surface area (Å²) in [6.45, 7) is 3.13. The second kappa shape index (κ2) is 11.4. The number of benzene rings is 2. The van der Waals surface area contributed by atoms with Gasteiger partial charge in [0.25, 0.3) is 0 Å². The summed E-state index contributed by atoms with van der Waals surface area (Å²) in [5.41, 5.74) is 4.97. The number of likely N-dealkylation sites (N-methyl/N-ethyl adjacent to an activating group) is 2. The summed E-state index contributed by atoms with van der Waals surface area (Å²) in [6, 6.07) is 11.6. The summed E-state index contributed by atoms with van der Waals surface area (Å²) in [6.07, 6.45) is 3.77. The predicted octanol–water partition coefficient (Wildman–Crippen LogP) is 4.35. The van der Waals surface area contributed by atoms with Crippen molar-refractivity contribution in [2.24, 2.45) is 7.05 Å². The van der Waals surface area contributed by atoms with Gasteiger partial charge in [0.1, 0.15) is 11.5 Å². The third kappa shape index (κ3) is 5.81. The Bertz CT molecular complexity index is 1450. The zero-order chi connectivity index (χ0) is 27.4. The summed E-state index contributed by atoms with van der Waals surface area (Å²) in [4.78, 5) is 25.4. The van der Waals surface area contributed by atoms with E-state index in [4.69, 9.17) is 14.5 Å². The molecule has 2 N–H and O–H groups in total. The number of ether oxygens (including phenoxy) is 2. The van der Waals surface area contributed by atoms with E-state index < -0.39 is 0 Å². The summed E-state index contributed by atoms with van der Waals surface area (Å²) in [7, 11) is 11.3. The number of anilines is 4. The zero-order valence-electron chi connectivity index (χ0n) is 23.0. The third-order valence-electron chi connectivity index (χ3n) is 6.30.